The van der Waals surface area contributed by atoms with Crippen molar-refractivity contribution >= 4 is 12.2 Å². The van der Waals surface area contributed by atoms with E-state index in [4.69, 9.17) is 5.73 Å². The Labute approximate surface area is 70.0 Å². The van der Waals surface area contributed by atoms with Crippen molar-refractivity contribution in [1.82, 2.24) is 4.57 Å². The average molecular weight is 166 g/mol. The molecule has 1 amide bonds. The van der Waals surface area contributed by atoms with Crippen LogP contribution in [0.2, 0.25) is 0 Å². The third-order valence-corrected chi connectivity index (χ3v) is 1.53. The number of carbonyl (C=O) groups is 2. The second kappa shape index (κ2) is 3.71. The van der Waals surface area contributed by atoms with Gasteiger partial charge in [0.1, 0.15) is 0 Å². The number of aromatic nitrogens is 1. The summed E-state index contributed by atoms with van der Waals surface area (Å²) in [7, 11) is 0. The zero-order valence-electron chi connectivity index (χ0n) is 6.56. The molecule has 4 heteroatoms. The molecular weight excluding hydrogens is 156 g/mol. The summed E-state index contributed by atoms with van der Waals surface area (Å²) in [6, 6.07) is 1.69. The third-order valence-electron chi connectivity index (χ3n) is 1.53. The fourth-order valence-corrected chi connectivity index (χ4v) is 0.907. The number of hydrogen-bond acceptors (Lipinski definition) is 2. The largest absolute Gasteiger partial charge is 0.370 e. The Morgan fingerprint density at radius 3 is 2.92 bits per heavy atom. The molecule has 4 nitrogen and oxygen atoms in total. The van der Waals surface area contributed by atoms with Crippen molar-refractivity contribution in [2.45, 2.75) is 13.0 Å². The summed E-state index contributed by atoms with van der Waals surface area (Å²) >= 11 is 0. The summed E-state index contributed by atoms with van der Waals surface area (Å²) in [6.07, 6.45) is 4.48. The molecule has 1 rings (SSSR count). The fourth-order valence-electron chi connectivity index (χ4n) is 0.907. The van der Waals surface area contributed by atoms with Crippen LogP contribution in [-0.2, 0) is 11.3 Å². The maximum absolute atomic E-state index is 10.4. The standard InChI is InChI=1S/C8H10N2O2/c9-8(12)2-4-10-3-1-7(5-10)6-11/h1,3,5-6H,2,4H2,(H2,9,12). The van der Waals surface area contributed by atoms with Crippen LogP contribution in [0.5, 0.6) is 0 Å². The van der Waals surface area contributed by atoms with E-state index < -0.39 is 0 Å². The van der Waals surface area contributed by atoms with Crippen molar-refractivity contribution in [1.29, 1.82) is 0 Å². The van der Waals surface area contributed by atoms with Crippen molar-refractivity contribution in [3.05, 3.63) is 24.0 Å². The van der Waals surface area contributed by atoms with Gasteiger partial charge >= 0.3 is 0 Å². The van der Waals surface area contributed by atoms with Crippen LogP contribution >= 0.6 is 0 Å². The molecule has 0 aliphatic rings. The number of rotatable bonds is 4. The Kier molecular flexibility index (Phi) is 2.63. The Bertz CT molecular complexity index is 291. The van der Waals surface area contributed by atoms with Crippen LogP contribution in [0.4, 0.5) is 0 Å². The molecule has 0 fully saturated rings. The molecule has 2 N–H and O–H groups in total. The lowest BCUT2D eigenvalue weighted by Gasteiger charge is -1.97. The molecule has 0 radical (unpaired) electrons. The molecule has 0 spiro atoms. The van der Waals surface area contributed by atoms with Gasteiger partial charge in [-0.05, 0) is 6.07 Å². The Morgan fingerprint density at radius 1 is 1.67 bits per heavy atom. The second-order valence-corrected chi connectivity index (χ2v) is 2.52. The van der Waals surface area contributed by atoms with E-state index in [1.807, 2.05) is 0 Å². The van der Waals surface area contributed by atoms with Gasteiger partial charge in [0, 0.05) is 30.9 Å². The molecule has 0 saturated carbocycles. The predicted octanol–water partition coefficient (Wildman–Crippen LogP) is 0.176. The van der Waals surface area contributed by atoms with E-state index in [9.17, 15) is 9.59 Å². The highest BCUT2D eigenvalue weighted by Crippen LogP contribution is 1.98. The van der Waals surface area contributed by atoms with Gasteiger partial charge in [0.15, 0.2) is 6.29 Å². The van der Waals surface area contributed by atoms with Gasteiger partial charge in [-0.1, -0.05) is 0 Å². The van der Waals surface area contributed by atoms with Gasteiger partial charge < -0.3 is 10.3 Å². The van der Waals surface area contributed by atoms with Crippen molar-refractivity contribution < 1.29 is 9.59 Å². The van der Waals surface area contributed by atoms with Crippen LogP contribution in [0.25, 0.3) is 0 Å². The number of amides is 1. The van der Waals surface area contributed by atoms with Gasteiger partial charge in [-0.25, -0.2) is 0 Å². The normalized spacial score (nSPS) is 9.67. The minimum atomic E-state index is -0.337. The highest BCUT2D eigenvalue weighted by Gasteiger charge is 1.97. The zero-order chi connectivity index (χ0) is 8.97. The predicted molar refractivity (Wildman–Crippen MR) is 43.6 cm³/mol. The summed E-state index contributed by atoms with van der Waals surface area (Å²) in [5.74, 6) is -0.337. The minimum absolute atomic E-state index is 0.299. The fraction of sp³-hybridized carbons (Fsp3) is 0.250. The SMILES string of the molecule is NC(=O)CCn1ccc(C=O)c1. The highest BCUT2D eigenvalue weighted by atomic mass is 16.1. The van der Waals surface area contributed by atoms with Crippen LogP contribution < -0.4 is 5.73 Å². The average Bonchev–Trinajstić information content (AvgIpc) is 2.48. The molecule has 0 aliphatic heterocycles. The molecule has 0 saturated heterocycles. The molecule has 1 aromatic heterocycles. The number of aldehydes is 1. The third kappa shape index (κ3) is 2.23. The molecule has 1 aromatic rings. The monoisotopic (exact) mass is 166 g/mol. The molecule has 0 bridgehead atoms. The number of hydrogen-bond donors (Lipinski definition) is 1. The second-order valence-electron chi connectivity index (χ2n) is 2.52. The number of aryl methyl sites for hydroxylation is 1. The van der Waals surface area contributed by atoms with Crippen molar-refractivity contribution in [2.75, 3.05) is 0 Å². The first kappa shape index (κ1) is 8.52. The topological polar surface area (TPSA) is 65.1 Å². The summed E-state index contributed by atoms with van der Waals surface area (Å²) in [5.41, 5.74) is 5.57. The van der Waals surface area contributed by atoms with E-state index in [0.717, 1.165) is 6.29 Å². The van der Waals surface area contributed by atoms with Gasteiger partial charge in [-0.15, -0.1) is 0 Å². The van der Waals surface area contributed by atoms with Crippen LogP contribution in [0, 0.1) is 0 Å². The van der Waals surface area contributed by atoms with E-state index >= 15 is 0 Å². The first-order valence-corrected chi connectivity index (χ1v) is 3.61. The van der Waals surface area contributed by atoms with Crippen LogP contribution in [0.15, 0.2) is 18.5 Å². The summed E-state index contributed by atoms with van der Waals surface area (Å²) in [6.45, 7) is 0.531. The van der Waals surface area contributed by atoms with Crippen molar-refractivity contribution in [3.8, 4) is 0 Å². The molecule has 64 valence electrons. The van der Waals surface area contributed by atoms with Crippen LogP contribution in [0.3, 0.4) is 0 Å². The molecule has 12 heavy (non-hydrogen) atoms. The summed E-state index contributed by atoms with van der Waals surface area (Å²) in [5, 5.41) is 0. The highest BCUT2D eigenvalue weighted by molar-refractivity contribution is 5.74. The van der Waals surface area contributed by atoms with E-state index in [-0.39, 0.29) is 5.91 Å². The number of nitrogens with two attached hydrogens (primary N) is 1. The first-order valence-electron chi connectivity index (χ1n) is 3.61. The number of carbonyl (C=O) groups excluding carboxylic acids is 2. The number of nitrogens with zero attached hydrogens (tertiary/aromatic N) is 1. The molecule has 0 atom stereocenters. The van der Waals surface area contributed by atoms with Gasteiger partial charge in [0.25, 0.3) is 0 Å². The van der Waals surface area contributed by atoms with E-state index in [0.29, 0.717) is 18.5 Å². The quantitative estimate of drug-likeness (QED) is 0.648. The lowest BCUT2D eigenvalue weighted by atomic mass is 10.4. The smallest absolute Gasteiger partial charge is 0.219 e. The Balaban J connectivity index is 2.52. The Morgan fingerprint density at radius 2 is 2.42 bits per heavy atom. The number of primary amides is 1. The molecular formula is C8H10N2O2. The Hall–Kier alpha value is -1.58. The van der Waals surface area contributed by atoms with Gasteiger partial charge in [-0.2, -0.15) is 0 Å². The summed E-state index contributed by atoms with van der Waals surface area (Å²) < 4.78 is 1.76. The van der Waals surface area contributed by atoms with Gasteiger partial charge in [0.2, 0.25) is 5.91 Å². The lowest BCUT2D eigenvalue weighted by Crippen LogP contribution is -2.13. The molecule has 0 unspecified atom stereocenters. The molecule has 1 heterocycles. The van der Waals surface area contributed by atoms with Gasteiger partial charge in [0.05, 0.1) is 0 Å². The molecule has 0 aromatic carbocycles. The van der Waals surface area contributed by atoms with E-state index in [1.165, 1.54) is 0 Å². The van der Waals surface area contributed by atoms with E-state index in [2.05, 4.69) is 0 Å². The van der Waals surface area contributed by atoms with Crippen molar-refractivity contribution in [3.63, 3.8) is 0 Å². The lowest BCUT2D eigenvalue weighted by molar-refractivity contribution is -0.118. The molecule has 0 aliphatic carbocycles. The summed E-state index contributed by atoms with van der Waals surface area (Å²) in [4.78, 5) is 20.6. The maximum atomic E-state index is 10.4. The maximum Gasteiger partial charge on any atom is 0.219 e. The van der Waals surface area contributed by atoms with Crippen LogP contribution in [0.1, 0.15) is 16.8 Å². The van der Waals surface area contributed by atoms with E-state index in [1.54, 1.807) is 23.0 Å². The minimum Gasteiger partial charge on any atom is -0.370 e. The van der Waals surface area contributed by atoms with Gasteiger partial charge in [-0.3, -0.25) is 9.59 Å². The van der Waals surface area contributed by atoms with Crippen molar-refractivity contribution in [2.24, 2.45) is 5.73 Å². The first-order chi connectivity index (χ1) is 5.72. The van der Waals surface area contributed by atoms with Crippen LogP contribution in [-0.4, -0.2) is 16.8 Å². The zero-order valence-corrected chi connectivity index (χ0v) is 6.56.